The van der Waals surface area contributed by atoms with E-state index in [1.165, 1.54) is 0 Å². The third-order valence-corrected chi connectivity index (χ3v) is 3.59. The van der Waals surface area contributed by atoms with Crippen molar-refractivity contribution in [2.24, 2.45) is 0 Å². The molecule has 112 valence electrons. The maximum absolute atomic E-state index is 5.43. The quantitative estimate of drug-likeness (QED) is 0.864. The third kappa shape index (κ3) is 3.55. The van der Waals surface area contributed by atoms with Crippen LogP contribution in [0.3, 0.4) is 0 Å². The first-order chi connectivity index (χ1) is 9.78. The fourth-order valence-electron chi connectivity index (χ4n) is 2.39. The Morgan fingerprint density at radius 3 is 2.20 bits per heavy atom. The Bertz CT molecular complexity index is 430. The SMILES string of the molecule is COc1cc(OC)c(OC)cc1CNC1CCOCC1. The zero-order chi connectivity index (χ0) is 14.4. The molecule has 0 saturated carbocycles. The molecule has 0 aromatic heterocycles. The van der Waals surface area contributed by atoms with Crippen molar-refractivity contribution in [3.05, 3.63) is 17.7 Å². The van der Waals surface area contributed by atoms with E-state index in [-0.39, 0.29) is 0 Å². The summed E-state index contributed by atoms with van der Waals surface area (Å²) < 4.78 is 21.4. The first kappa shape index (κ1) is 14.9. The molecule has 0 amide bonds. The summed E-state index contributed by atoms with van der Waals surface area (Å²) in [4.78, 5) is 0. The lowest BCUT2D eigenvalue weighted by Crippen LogP contribution is -2.34. The molecule has 5 nitrogen and oxygen atoms in total. The summed E-state index contributed by atoms with van der Waals surface area (Å²) in [6.45, 7) is 2.41. The largest absolute Gasteiger partial charge is 0.496 e. The van der Waals surface area contributed by atoms with Crippen molar-refractivity contribution in [3.8, 4) is 17.2 Å². The monoisotopic (exact) mass is 281 g/mol. The summed E-state index contributed by atoms with van der Waals surface area (Å²) in [5, 5.41) is 3.55. The third-order valence-electron chi connectivity index (χ3n) is 3.59. The van der Waals surface area contributed by atoms with Crippen LogP contribution in [0, 0.1) is 0 Å². The molecule has 0 atom stereocenters. The number of hydrogen-bond donors (Lipinski definition) is 1. The maximum Gasteiger partial charge on any atom is 0.164 e. The second kappa shape index (κ2) is 7.36. The lowest BCUT2D eigenvalue weighted by atomic mass is 10.1. The molecular weight excluding hydrogens is 258 g/mol. The predicted molar refractivity (Wildman–Crippen MR) is 76.8 cm³/mol. The normalized spacial score (nSPS) is 15.9. The summed E-state index contributed by atoms with van der Waals surface area (Å²) >= 11 is 0. The van der Waals surface area contributed by atoms with Gasteiger partial charge in [0, 0.05) is 37.4 Å². The molecule has 1 aromatic carbocycles. The van der Waals surface area contributed by atoms with Crippen molar-refractivity contribution in [1.29, 1.82) is 0 Å². The van der Waals surface area contributed by atoms with Gasteiger partial charge in [0.05, 0.1) is 21.3 Å². The van der Waals surface area contributed by atoms with E-state index in [9.17, 15) is 0 Å². The van der Waals surface area contributed by atoms with E-state index in [2.05, 4.69) is 5.32 Å². The van der Waals surface area contributed by atoms with E-state index >= 15 is 0 Å². The van der Waals surface area contributed by atoms with Crippen LogP contribution < -0.4 is 19.5 Å². The zero-order valence-electron chi connectivity index (χ0n) is 12.4. The van der Waals surface area contributed by atoms with Gasteiger partial charge < -0.3 is 24.3 Å². The molecule has 1 fully saturated rings. The summed E-state index contributed by atoms with van der Waals surface area (Å²) in [5.41, 5.74) is 1.07. The first-order valence-electron chi connectivity index (χ1n) is 6.88. The molecule has 1 N–H and O–H groups in total. The minimum atomic E-state index is 0.501. The Hall–Kier alpha value is -1.46. The highest BCUT2D eigenvalue weighted by Crippen LogP contribution is 2.34. The second-order valence-electron chi connectivity index (χ2n) is 4.79. The van der Waals surface area contributed by atoms with Crippen LogP contribution in [0.15, 0.2) is 12.1 Å². The highest BCUT2D eigenvalue weighted by Gasteiger charge is 2.16. The molecule has 1 saturated heterocycles. The Morgan fingerprint density at radius 2 is 1.60 bits per heavy atom. The average Bonchev–Trinajstić information content (AvgIpc) is 2.52. The number of hydrogen-bond acceptors (Lipinski definition) is 5. The number of methoxy groups -OCH3 is 3. The van der Waals surface area contributed by atoms with Gasteiger partial charge in [-0.1, -0.05) is 0 Å². The zero-order valence-corrected chi connectivity index (χ0v) is 12.4. The first-order valence-corrected chi connectivity index (χ1v) is 6.88. The van der Waals surface area contributed by atoms with Crippen LogP contribution in [0.25, 0.3) is 0 Å². The molecule has 20 heavy (non-hydrogen) atoms. The molecule has 2 rings (SSSR count). The van der Waals surface area contributed by atoms with Gasteiger partial charge in [0.25, 0.3) is 0 Å². The van der Waals surface area contributed by atoms with Crippen LogP contribution in [0.4, 0.5) is 0 Å². The van der Waals surface area contributed by atoms with E-state index in [4.69, 9.17) is 18.9 Å². The number of ether oxygens (including phenoxy) is 4. The Kier molecular flexibility index (Phi) is 5.49. The molecular formula is C15H23NO4. The lowest BCUT2D eigenvalue weighted by Gasteiger charge is -2.24. The molecule has 0 radical (unpaired) electrons. The van der Waals surface area contributed by atoms with E-state index < -0.39 is 0 Å². The van der Waals surface area contributed by atoms with Gasteiger partial charge in [-0.3, -0.25) is 0 Å². The summed E-state index contributed by atoms with van der Waals surface area (Å²) in [7, 11) is 4.93. The molecule has 1 aliphatic rings. The fraction of sp³-hybridized carbons (Fsp3) is 0.600. The van der Waals surface area contributed by atoms with Crippen LogP contribution in [0.2, 0.25) is 0 Å². The summed E-state index contributed by atoms with van der Waals surface area (Å²) in [6, 6.07) is 4.32. The smallest absolute Gasteiger partial charge is 0.164 e. The summed E-state index contributed by atoms with van der Waals surface area (Å²) in [6.07, 6.45) is 2.10. The van der Waals surface area contributed by atoms with Crippen LogP contribution in [0.1, 0.15) is 18.4 Å². The maximum atomic E-state index is 5.43. The second-order valence-corrected chi connectivity index (χ2v) is 4.79. The van der Waals surface area contributed by atoms with E-state index in [0.717, 1.165) is 49.7 Å². The van der Waals surface area contributed by atoms with Crippen molar-refractivity contribution >= 4 is 0 Å². The Balaban J connectivity index is 2.08. The number of rotatable bonds is 6. The lowest BCUT2D eigenvalue weighted by molar-refractivity contribution is 0.0775. The predicted octanol–water partition coefficient (Wildman–Crippen LogP) is 1.98. The van der Waals surface area contributed by atoms with Crippen LogP contribution in [0.5, 0.6) is 17.2 Å². The topological polar surface area (TPSA) is 49.0 Å². The van der Waals surface area contributed by atoms with E-state index in [0.29, 0.717) is 11.8 Å². The van der Waals surface area contributed by atoms with Gasteiger partial charge in [0.2, 0.25) is 0 Å². The van der Waals surface area contributed by atoms with Gasteiger partial charge in [-0.05, 0) is 18.9 Å². The van der Waals surface area contributed by atoms with E-state index in [1.54, 1.807) is 21.3 Å². The van der Waals surface area contributed by atoms with Gasteiger partial charge in [-0.25, -0.2) is 0 Å². The molecule has 0 aliphatic carbocycles. The van der Waals surface area contributed by atoms with Crippen LogP contribution in [-0.4, -0.2) is 40.6 Å². The fourth-order valence-corrected chi connectivity index (χ4v) is 2.39. The van der Waals surface area contributed by atoms with Crippen molar-refractivity contribution in [3.63, 3.8) is 0 Å². The highest BCUT2D eigenvalue weighted by molar-refractivity contribution is 5.50. The molecule has 1 aliphatic heterocycles. The van der Waals surface area contributed by atoms with Crippen LogP contribution in [-0.2, 0) is 11.3 Å². The molecule has 1 heterocycles. The van der Waals surface area contributed by atoms with Gasteiger partial charge in [-0.15, -0.1) is 0 Å². The molecule has 5 heteroatoms. The molecule has 0 bridgehead atoms. The van der Waals surface area contributed by atoms with Gasteiger partial charge in [0.15, 0.2) is 11.5 Å². The van der Waals surface area contributed by atoms with Crippen LogP contribution >= 0.6 is 0 Å². The summed E-state index contributed by atoms with van der Waals surface area (Å²) in [5.74, 6) is 2.21. The molecule has 1 aromatic rings. The standard InChI is InChI=1S/C15H23NO4/c1-17-13-9-15(19-3)14(18-2)8-11(13)10-16-12-4-6-20-7-5-12/h8-9,12,16H,4-7,10H2,1-3H3. The van der Waals surface area contributed by atoms with Crippen molar-refractivity contribution in [1.82, 2.24) is 5.32 Å². The van der Waals surface area contributed by atoms with Crippen molar-refractivity contribution in [2.75, 3.05) is 34.5 Å². The number of benzene rings is 1. The van der Waals surface area contributed by atoms with Crippen molar-refractivity contribution in [2.45, 2.75) is 25.4 Å². The van der Waals surface area contributed by atoms with Gasteiger partial charge in [0.1, 0.15) is 5.75 Å². The Labute approximate surface area is 120 Å². The number of nitrogens with one attached hydrogen (secondary N) is 1. The average molecular weight is 281 g/mol. The Morgan fingerprint density at radius 1 is 1.00 bits per heavy atom. The van der Waals surface area contributed by atoms with Crippen molar-refractivity contribution < 1.29 is 18.9 Å². The van der Waals surface area contributed by atoms with E-state index in [1.807, 2.05) is 12.1 Å². The van der Waals surface area contributed by atoms with Gasteiger partial charge >= 0.3 is 0 Å². The molecule has 0 unspecified atom stereocenters. The van der Waals surface area contributed by atoms with Gasteiger partial charge in [-0.2, -0.15) is 0 Å². The minimum absolute atomic E-state index is 0.501. The minimum Gasteiger partial charge on any atom is -0.496 e. The highest BCUT2D eigenvalue weighted by atomic mass is 16.5. The molecule has 0 spiro atoms.